The molecule has 0 radical (unpaired) electrons. The molecule has 9 rings (SSSR count). The average molecular weight is 835 g/mol. The summed E-state index contributed by atoms with van der Waals surface area (Å²) in [4.78, 5) is 22.7. The Bertz CT molecular complexity index is 2430. The number of benzene rings is 9. The topological polar surface area (TPSA) is 74.6 Å². The van der Waals surface area contributed by atoms with Gasteiger partial charge in [-0.05, 0) is 82.6 Å². The maximum absolute atomic E-state index is 11.4. The van der Waals surface area contributed by atoms with E-state index in [4.69, 9.17) is 0 Å². The summed E-state index contributed by atoms with van der Waals surface area (Å²) >= 11 is 0. The number of carboxylic acids is 2. The lowest BCUT2D eigenvalue weighted by molar-refractivity contribution is 0.0686. The highest BCUT2D eigenvalue weighted by Gasteiger charge is 2.39. The number of aromatic carboxylic acids is 2. The van der Waals surface area contributed by atoms with Crippen LogP contribution in [0.25, 0.3) is 0 Å². The smallest absolute Gasteiger partial charge is 0.335 e. The summed E-state index contributed by atoms with van der Waals surface area (Å²) in [7, 11) is 0. The minimum atomic E-state index is -0.920. The van der Waals surface area contributed by atoms with Crippen LogP contribution in [0.2, 0.25) is 0 Å². The van der Waals surface area contributed by atoms with Gasteiger partial charge in [0.1, 0.15) is 0 Å². The zero-order valence-electron chi connectivity index (χ0n) is 36.0. The first-order valence-electron chi connectivity index (χ1n) is 21.3. The molecule has 9 aromatic rings. The van der Waals surface area contributed by atoms with Crippen LogP contribution in [-0.2, 0) is 10.8 Å². The molecule has 0 heterocycles. The van der Waals surface area contributed by atoms with Crippen molar-refractivity contribution < 1.29 is 19.8 Å². The molecule has 0 aliphatic carbocycles. The van der Waals surface area contributed by atoms with Gasteiger partial charge in [0.2, 0.25) is 0 Å². The number of hydrogen-bond donors (Lipinski definition) is 2. The van der Waals surface area contributed by atoms with E-state index >= 15 is 0 Å². The van der Waals surface area contributed by atoms with Crippen molar-refractivity contribution in [2.24, 2.45) is 0 Å². The fraction of sp³-hybridized carbons (Fsp3) is 0.0667. The minimum Gasteiger partial charge on any atom is -0.478 e. The zero-order valence-corrected chi connectivity index (χ0v) is 36.0. The number of aryl methyl sites for hydroxylation is 2. The molecular formula is C60H50O4. The lowest BCUT2D eigenvalue weighted by Gasteiger charge is -2.36. The van der Waals surface area contributed by atoms with Crippen molar-refractivity contribution in [2.75, 3.05) is 0 Å². The maximum Gasteiger partial charge on any atom is 0.335 e. The molecule has 0 unspecified atom stereocenters. The van der Waals surface area contributed by atoms with E-state index in [1.165, 1.54) is 11.1 Å². The van der Waals surface area contributed by atoms with Crippen molar-refractivity contribution in [3.8, 4) is 0 Å². The molecule has 0 saturated carbocycles. The molecule has 4 heteroatoms. The van der Waals surface area contributed by atoms with Gasteiger partial charge < -0.3 is 10.2 Å². The van der Waals surface area contributed by atoms with Crippen LogP contribution in [0.4, 0.5) is 0 Å². The van der Waals surface area contributed by atoms with Gasteiger partial charge in [-0.3, -0.25) is 0 Å². The van der Waals surface area contributed by atoms with Gasteiger partial charge in [0.25, 0.3) is 0 Å². The third-order valence-corrected chi connectivity index (χ3v) is 11.6. The molecule has 4 nitrogen and oxygen atoms in total. The van der Waals surface area contributed by atoms with Crippen LogP contribution >= 0.6 is 0 Å². The predicted molar refractivity (Wildman–Crippen MR) is 259 cm³/mol. The Morgan fingerprint density at radius 3 is 0.609 bits per heavy atom. The number of rotatable bonds is 10. The normalized spacial score (nSPS) is 10.9. The van der Waals surface area contributed by atoms with Crippen LogP contribution in [0.1, 0.15) is 76.4 Å². The van der Waals surface area contributed by atoms with Crippen LogP contribution in [0.3, 0.4) is 0 Å². The first-order chi connectivity index (χ1) is 31.2. The highest BCUT2D eigenvalue weighted by molar-refractivity contribution is 5.88. The molecule has 0 aliphatic heterocycles. The summed E-state index contributed by atoms with van der Waals surface area (Å²) < 4.78 is 0. The van der Waals surface area contributed by atoms with Crippen LogP contribution in [0.15, 0.2) is 255 Å². The van der Waals surface area contributed by atoms with E-state index in [0.29, 0.717) is 0 Å². The van der Waals surface area contributed by atoms with Crippen molar-refractivity contribution >= 4 is 11.9 Å². The van der Waals surface area contributed by atoms with Crippen molar-refractivity contribution in [2.45, 2.75) is 24.7 Å². The molecule has 0 fully saturated rings. The van der Waals surface area contributed by atoms with E-state index in [9.17, 15) is 19.8 Å². The Balaban J connectivity index is 0.000000163. The van der Waals surface area contributed by atoms with Crippen LogP contribution < -0.4 is 0 Å². The second-order valence-corrected chi connectivity index (χ2v) is 15.6. The molecule has 0 saturated heterocycles. The molecule has 314 valence electrons. The van der Waals surface area contributed by atoms with Crippen molar-refractivity contribution in [3.05, 3.63) is 322 Å². The summed E-state index contributed by atoms with van der Waals surface area (Å²) in [6, 6.07) is 85.1. The van der Waals surface area contributed by atoms with E-state index in [0.717, 1.165) is 44.5 Å². The van der Waals surface area contributed by atoms with Gasteiger partial charge in [0.05, 0.1) is 22.0 Å². The molecule has 0 atom stereocenters. The molecule has 9 aromatic carbocycles. The van der Waals surface area contributed by atoms with E-state index in [1.54, 1.807) is 24.3 Å². The standard InChI is InChI=1S/2C26H20O2.C8H10/c2*27-25(28)20-16-18-24(19-17-20)26(21-10-4-1-5-11-21,22-12-6-2-7-13-22)23-14-8-3-9-15-23;1-7-3-5-8(2)6-4-7/h2*1-19H,(H,27,28);3-6H,1-2H3. The molecule has 2 N–H and O–H groups in total. The summed E-state index contributed by atoms with van der Waals surface area (Å²) in [5.74, 6) is -1.84. The predicted octanol–water partition coefficient (Wildman–Crippen LogP) is 13.8. The van der Waals surface area contributed by atoms with Crippen LogP contribution in [-0.4, -0.2) is 22.2 Å². The molecule has 0 bridgehead atoms. The van der Waals surface area contributed by atoms with Gasteiger partial charge in [-0.25, -0.2) is 9.59 Å². The molecule has 0 aromatic heterocycles. The summed E-state index contributed by atoms with van der Waals surface area (Å²) in [5.41, 5.74) is 11.0. The van der Waals surface area contributed by atoms with E-state index in [2.05, 4.69) is 111 Å². The zero-order chi connectivity index (χ0) is 44.8. The Hall–Kier alpha value is -8.08. The highest BCUT2D eigenvalue weighted by atomic mass is 16.4. The van der Waals surface area contributed by atoms with Gasteiger partial charge >= 0.3 is 11.9 Å². The fourth-order valence-corrected chi connectivity index (χ4v) is 8.49. The van der Waals surface area contributed by atoms with E-state index in [1.807, 2.05) is 133 Å². The largest absolute Gasteiger partial charge is 0.478 e. The van der Waals surface area contributed by atoms with Crippen molar-refractivity contribution in [1.82, 2.24) is 0 Å². The monoisotopic (exact) mass is 834 g/mol. The summed E-state index contributed by atoms with van der Waals surface area (Å²) in [6.45, 7) is 4.19. The summed E-state index contributed by atoms with van der Waals surface area (Å²) in [6.07, 6.45) is 0. The third-order valence-electron chi connectivity index (χ3n) is 11.6. The number of carboxylic acid groups (broad SMARTS) is 2. The Kier molecular flexibility index (Phi) is 14.2. The highest BCUT2D eigenvalue weighted by Crippen LogP contribution is 2.46. The summed E-state index contributed by atoms with van der Waals surface area (Å²) in [5, 5.41) is 18.7. The third kappa shape index (κ3) is 9.52. The molecule has 0 spiro atoms. The van der Waals surface area contributed by atoms with Crippen LogP contribution in [0, 0.1) is 13.8 Å². The Morgan fingerprint density at radius 2 is 0.438 bits per heavy atom. The van der Waals surface area contributed by atoms with E-state index < -0.39 is 22.8 Å². The second-order valence-electron chi connectivity index (χ2n) is 15.6. The quantitative estimate of drug-likeness (QED) is 0.135. The number of carbonyl (C=O) groups is 2. The van der Waals surface area contributed by atoms with Gasteiger partial charge in [0, 0.05) is 0 Å². The van der Waals surface area contributed by atoms with Gasteiger partial charge in [-0.2, -0.15) is 0 Å². The lowest BCUT2D eigenvalue weighted by Crippen LogP contribution is -2.31. The molecule has 0 amide bonds. The van der Waals surface area contributed by atoms with Gasteiger partial charge in [-0.15, -0.1) is 0 Å². The number of hydrogen-bond acceptors (Lipinski definition) is 2. The fourth-order valence-electron chi connectivity index (χ4n) is 8.49. The van der Waals surface area contributed by atoms with Crippen LogP contribution in [0.5, 0.6) is 0 Å². The Labute approximate surface area is 376 Å². The first kappa shape index (κ1) is 44.0. The van der Waals surface area contributed by atoms with Gasteiger partial charge in [-0.1, -0.05) is 242 Å². The maximum atomic E-state index is 11.4. The molecule has 64 heavy (non-hydrogen) atoms. The van der Waals surface area contributed by atoms with Gasteiger partial charge in [0.15, 0.2) is 0 Å². The first-order valence-corrected chi connectivity index (χ1v) is 21.3. The van der Waals surface area contributed by atoms with Crippen molar-refractivity contribution in [1.29, 1.82) is 0 Å². The SMILES string of the molecule is Cc1ccc(C)cc1.O=C(O)c1ccc(C(c2ccccc2)(c2ccccc2)c2ccccc2)cc1.O=C(O)c1ccc(C(c2ccccc2)(c2ccccc2)c2ccccc2)cc1. The average Bonchev–Trinajstić information content (AvgIpc) is 3.36. The minimum absolute atomic E-state index is 0.284. The molecular weight excluding hydrogens is 785 g/mol. The molecule has 0 aliphatic rings. The lowest BCUT2D eigenvalue weighted by atomic mass is 9.65. The Morgan fingerprint density at radius 1 is 0.266 bits per heavy atom. The second kappa shape index (κ2) is 20.7. The van der Waals surface area contributed by atoms with Crippen molar-refractivity contribution in [3.63, 3.8) is 0 Å². The van der Waals surface area contributed by atoms with E-state index in [-0.39, 0.29) is 11.1 Å².